The lowest BCUT2D eigenvalue weighted by Gasteiger charge is -2.34. The van der Waals surface area contributed by atoms with Gasteiger partial charge in [-0.25, -0.2) is 0 Å². The van der Waals surface area contributed by atoms with E-state index in [-0.39, 0.29) is 17.1 Å². The van der Waals surface area contributed by atoms with Crippen molar-refractivity contribution in [2.45, 2.75) is 79.8 Å². The largest absolute Gasteiger partial charge is 0.483 e. The molecule has 180 valence electrons. The molecule has 0 saturated heterocycles. The number of carbonyl (C=O) groups excluding carboxylic acids is 2. The second-order valence-corrected chi connectivity index (χ2v) is 10.4. The molecule has 0 heterocycles. The van der Waals surface area contributed by atoms with Crippen molar-refractivity contribution in [3.8, 4) is 5.75 Å². The molecule has 0 fully saturated rings. The van der Waals surface area contributed by atoms with Gasteiger partial charge in [0.05, 0.1) is 0 Å². The smallest absolute Gasteiger partial charge is 0.253 e. The first-order valence-corrected chi connectivity index (χ1v) is 11.9. The van der Waals surface area contributed by atoms with Crippen LogP contribution in [0.3, 0.4) is 0 Å². The van der Waals surface area contributed by atoms with Gasteiger partial charge in [-0.2, -0.15) is 0 Å². The van der Waals surface area contributed by atoms with E-state index in [0.717, 1.165) is 35.3 Å². The van der Waals surface area contributed by atoms with Crippen LogP contribution in [0.2, 0.25) is 0 Å². The number of ketones is 1. The van der Waals surface area contributed by atoms with E-state index in [9.17, 15) is 9.59 Å². The van der Waals surface area contributed by atoms with E-state index < -0.39 is 11.5 Å². The van der Waals surface area contributed by atoms with Crippen molar-refractivity contribution in [1.82, 2.24) is 4.90 Å². The van der Waals surface area contributed by atoms with E-state index in [0.29, 0.717) is 0 Å². The van der Waals surface area contributed by atoms with Crippen molar-refractivity contribution in [2.24, 2.45) is 5.41 Å². The van der Waals surface area contributed by atoms with Crippen molar-refractivity contribution in [3.63, 3.8) is 0 Å². The van der Waals surface area contributed by atoms with Crippen molar-refractivity contribution < 1.29 is 14.3 Å². The highest BCUT2D eigenvalue weighted by atomic mass is 16.5. The average molecular weight is 452 g/mol. The van der Waals surface area contributed by atoms with Crippen LogP contribution in [-0.4, -0.2) is 36.8 Å². The van der Waals surface area contributed by atoms with Gasteiger partial charge >= 0.3 is 0 Å². The zero-order valence-electron chi connectivity index (χ0n) is 22.1. The highest BCUT2D eigenvalue weighted by Crippen LogP contribution is 2.41. The van der Waals surface area contributed by atoms with E-state index in [2.05, 4.69) is 38.1 Å². The molecule has 2 aromatic carbocycles. The highest BCUT2D eigenvalue weighted by Gasteiger charge is 2.32. The molecule has 4 nitrogen and oxygen atoms in total. The molecule has 4 heteroatoms. The quantitative estimate of drug-likeness (QED) is 0.460. The number of Topliss-reactive ketones (excluding diaryl/α,β-unsaturated/α-hetero) is 1. The molecular formula is C29H41NO3. The number of ether oxygens (including phenoxy) is 1. The predicted octanol–water partition coefficient (Wildman–Crippen LogP) is 6.49. The van der Waals surface area contributed by atoms with Gasteiger partial charge in [0.15, 0.2) is 11.9 Å². The third-order valence-corrected chi connectivity index (χ3v) is 6.76. The minimum Gasteiger partial charge on any atom is -0.483 e. The van der Waals surface area contributed by atoms with Crippen LogP contribution >= 0.6 is 0 Å². The van der Waals surface area contributed by atoms with Crippen molar-refractivity contribution in [1.29, 1.82) is 0 Å². The summed E-state index contributed by atoms with van der Waals surface area (Å²) in [7, 11) is 3.56. The average Bonchev–Trinajstić information content (AvgIpc) is 2.75. The van der Waals surface area contributed by atoms with E-state index >= 15 is 0 Å². The Labute approximate surface area is 200 Å². The van der Waals surface area contributed by atoms with Crippen LogP contribution < -0.4 is 4.74 Å². The fourth-order valence-electron chi connectivity index (χ4n) is 4.61. The Morgan fingerprint density at radius 1 is 0.909 bits per heavy atom. The van der Waals surface area contributed by atoms with Crippen LogP contribution in [0.5, 0.6) is 5.75 Å². The normalized spacial score (nSPS) is 12.9. The maximum Gasteiger partial charge on any atom is 0.253 e. The Morgan fingerprint density at radius 2 is 1.42 bits per heavy atom. The monoisotopic (exact) mass is 451 g/mol. The molecule has 1 atom stereocenters. The summed E-state index contributed by atoms with van der Waals surface area (Å²) in [5.74, 6) is 0.854. The molecule has 0 radical (unpaired) electrons. The molecule has 2 rings (SSSR count). The Hall–Kier alpha value is -2.62. The highest BCUT2D eigenvalue weighted by molar-refractivity contribution is 5.95. The molecule has 0 saturated carbocycles. The van der Waals surface area contributed by atoms with E-state index in [1.807, 2.05) is 53.7 Å². The lowest BCUT2D eigenvalue weighted by molar-refractivity contribution is -0.132. The number of aryl methyl sites for hydroxylation is 2. The van der Waals surface area contributed by atoms with E-state index in [1.54, 1.807) is 19.0 Å². The summed E-state index contributed by atoms with van der Waals surface area (Å²) >= 11 is 0. The van der Waals surface area contributed by atoms with Gasteiger partial charge in [-0.05, 0) is 68.0 Å². The SMILES string of the molecule is CCC(CC)(c1ccc(OC(C)C(=O)C(C)(C)C)c(C)c1)c1ccc(C(=O)N(C)C)c(C)c1. The van der Waals surface area contributed by atoms with Gasteiger partial charge in [-0.1, -0.05) is 58.9 Å². The first-order valence-electron chi connectivity index (χ1n) is 11.9. The first-order chi connectivity index (χ1) is 15.3. The summed E-state index contributed by atoms with van der Waals surface area (Å²) in [6.07, 6.45) is 1.37. The van der Waals surface area contributed by atoms with Gasteiger partial charge in [0.2, 0.25) is 0 Å². The lowest BCUT2D eigenvalue weighted by Crippen LogP contribution is -2.34. The number of rotatable bonds is 8. The molecule has 2 aromatic rings. The van der Waals surface area contributed by atoms with Crippen LogP contribution in [0.15, 0.2) is 36.4 Å². The van der Waals surface area contributed by atoms with Gasteiger partial charge in [-0.3, -0.25) is 9.59 Å². The second kappa shape index (κ2) is 10.1. The molecule has 0 aliphatic rings. The number of carbonyl (C=O) groups is 2. The number of nitrogens with zero attached hydrogens (tertiary/aromatic N) is 1. The van der Waals surface area contributed by atoms with Gasteiger partial charge in [0.25, 0.3) is 5.91 Å². The summed E-state index contributed by atoms with van der Waals surface area (Å²) in [4.78, 5) is 26.7. The zero-order chi connectivity index (χ0) is 25.1. The Morgan fingerprint density at radius 3 is 1.85 bits per heavy atom. The van der Waals surface area contributed by atoms with Crippen molar-refractivity contribution >= 4 is 11.7 Å². The predicted molar refractivity (Wildman–Crippen MR) is 136 cm³/mol. The van der Waals surface area contributed by atoms with Gasteiger partial charge < -0.3 is 9.64 Å². The molecule has 0 spiro atoms. The van der Waals surface area contributed by atoms with Gasteiger partial charge in [0.1, 0.15) is 5.75 Å². The molecule has 0 bridgehead atoms. The molecular weight excluding hydrogens is 410 g/mol. The van der Waals surface area contributed by atoms with E-state index in [4.69, 9.17) is 4.74 Å². The summed E-state index contributed by atoms with van der Waals surface area (Å²) in [5.41, 5.74) is 4.57. The minimum absolute atomic E-state index is 0.0221. The number of amides is 1. The molecule has 0 aromatic heterocycles. The third kappa shape index (κ3) is 5.48. The summed E-state index contributed by atoms with van der Waals surface area (Å²) in [6.45, 7) is 16.0. The standard InChI is InChI=1S/C29H41NO3/c1-11-29(12-2,22-13-15-24(19(3)17-22)27(32)30(9)10)23-14-16-25(20(4)18-23)33-21(5)26(31)28(6,7)8/h13-18,21H,11-12H2,1-10H3. The minimum atomic E-state index is -0.499. The third-order valence-electron chi connectivity index (χ3n) is 6.76. The maximum absolute atomic E-state index is 12.6. The molecule has 1 amide bonds. The number of benzene rings is 2. The lowest BCUT2D eigenvalue weighted by atomic mass is 9.70. The van der Waals surface area contributed by atoms with Crippen LogP contribution in [0, 0.1) is 19.3 Å². The first kappa shape index (κ1) is 26.6. The maximum atomic E-state index is 12.6. The molecule has 0 aliphatic carbocycles. The summed E-state index contributed by atoms with van der Waals surface area (Å²) in [6, 6.07) is 12.5. The molecule has 1 unspecified atom stereocenters. The fraction of sp³-hybridized carbons (Fsp3) is 0.517. The molecule has 0 N–H and O–H groups in total. The number of hydrogen-bond acceptors (Lipinski definition) is 3. The fourth-order valence-corrected chi connectivity index (χ4v) is 4.61. The van der Waals surface area contributed by atoms with Crippen molar-refractivity contribution in [2.75, 3.05) is 14.1 Å². The van der Waals surface area contributed by atoms with Crippen molar-refractivity contribution in [3.05, 3.63) is 64.2 Å². The Balaban J connectivity index is 2.45. The molecule has 33 heavy (non-hydrogen) atoms. The summed E-state index contributed by atoms with van der Waals surface area (Å²) < 4.78 is 6.07. The summed E-state index contributed by atoms with van der Waals surface area (Å²) in [5, 5.41) is 0. The van der Waals surface area contributed by atoms with Gasteiger partial charge in [0, 0.05) is 30.5 Å². The molecule has 0 aliphatic heterocycles. The second-order valence-electron chi connectivity index (χ2n) is 10.4. The Kier molecular flexibility index (Phi) is 8.16. The Bertz CT molecular complexity index is 1010. The van der Waals surface area contributed by atoms with E-state index in [1.165, 1.54) is 11.1 Å². The zero-order valence-corrected chi connectivity index (χ0v) is 22.1. The van der Waals surface area contributed by atoms with Crippen LogP contribution in [0.4, 0.5) is 0 Å². The van der Waals surface area contributed by atoms with Crippen LogP contribution in [-0.2, 0) is 10.2 Å². The number of hydrogen-bond donors (Lipinski definition) is 0. The topological polar surface area (TPSA) is 46.6 Å². The van der Waals surface area contributed by atoms with Crippen LogP contribution in [0.1, 0.15) is 87.0 Å². The van der Waals surface area contributed by atoms with Gasteiger partial charge in [-0.15, -0.1) is 0 Å². The van der Waals surface area contributed by atoms with Crippen LogP contribution in [0.25, 0.3) is 0 Å².